The molecule has 102 heavy (non-hydrogen) atoms. The van der Waals surface area contributed by atoms with Gasteiger partial charge in [0.15, 0.2) is 12.2 Å². The summed E-state index contributed by atoms with van der Waals surface area (Å²) in [5.74, 6) is -0.591. The molecule has 0 saturated heterocycles. The number of rotatable bonds is 82. The third-order valence-electron chi connectivity index (χ3n) is 19.5. The van der Waals surface area contributed by atoms with E-state index in [4.69, 9.17) is 37.0 Å². The summed E-state index contributed by atoms with van der Waals surface area (Å²) in [6, 6.07) is 0. The van der Waals surface area contributed by atoms with Crippen LogP contribution in [0.15, 0.2) is 0 Å². The van der Waals surface area contributed by atoms with Gasteiger partial charge in [0, 0.05) is 25.7 Å². The van der Waals surface area contributed by atoms with Crippen molar-refractivity contribution in [2.24, 2.45) is 11.8 Å². The Morgan fingerprint density at radius 3 is 0.667 bits per heavy atom. The molecule has 19 heteroatoms. The van der Waals surface area contributed by atoms with Crippen LogP contribution in [-0.4, -0.2) is 96.7 Å². The first-order chi connectivity index (χ1) is 49.4. The summed E-state index contributed by atoms with van der Waals surface area (Å²) >= 11 is 0. The van der Waals surface area contributed by atoms with Crippen molar-refractivity contribution in [3.8, 4) is 0 Å². The van der Waals surface area contributed by atoms with E-state index in [1.165, 1.54) is 257 Å². The smallest absolute Gasteiger partial charge is 0.462 e. The van der Waals surface area contributed by atoms with Crippen LogP contribution in [0.25, 0.3) is 0 Å². The van der Waals surface area contributed by atoms with Crippen LogP contribution in [0.3, 0.4) is 0 Å². The molecule has 0 spiro atoms. The topological polar surface area (TPSA) is 237 Å². The molecule has 0 amide bonds. The summed E-state index contributed by atoms with van der Waals surface area (Å²) in [7, 11) is -9.92. The Labute approximate surface area is 626 Å². The molecule has 0 bridgehead atoms. The van der Waals surface area contributed by atoms with Crippen molar-refractivity contribution in [3.63, 3.8) is 0 Å². The van der Waals surface area contributed by atoms with Gasteiger partial charge in [-0.2, -0.15) is 0 Å². The summed E-state index contributed by atoms with van der Waals surface area (Å²) in [6.07, 6.45) is 65.3. The molecular weight excluding hydrogens is 1330 g/mol. The standard InChI is InChI=1S/C83H162O17P2/c1-7-9-11-13-15-17-19-21-23-24-25-26-27-28-29-30-32-36-43-50-56-62-68-83(88)99-78(71-93-80(85)65-59-53-47-41-37-33-34-39-45-51-57-63-75(3)4)73-97-101(89,90)95-69-77(84)70-96-102(91,92)98-74-79(72-94-81(86)66-60-54-48-44-38-40-46-52-58-64-76(5)6)100-82(87)67-61-55-49-42-35-31-22-20-18-16-14-12-10-8-2/h75-79,84H,7-74H2,1-6H3,(H,89,90)(H,91,92)/t77-,78-,79-/m1/s1. The molecule has 2 unspecified atom stereocenters. The van der Waals surface area contributed by atoms with E-state index < -0.39 is 97.5 Å². The van der Waals surface area contributed by atoms with Crippen molar-refractivity contribution in [3.05, 3.63) is 0 Å². The van der Waals surface area contributed by atoms with Gasteiger partial charge in [-0.25, -0.2) is 9.13 Å². The van der Waals surface area contributed by atoms with Gasteiger partial charge < -0.3 is 33.8 Å². The second-order valence-electron chi connectivity index (χ2n) is 30.8. The van der Waals surface area contributed by atoms with Crippen LogP contribution in [-0.2, 0) is 65.4 Å². The molecule has 0 heterocycles. The van der Waals surface area contributed by atoms with E-state index in [0.29, 0.717) is 25.7 Å². The van der Waals surface area contributed by atoms with Crippen molar-refractivity contribution < 1.29 is 80.2 Å². The Bertz CT molecular complexity index is 1960. The van der Waals surface area contributed by atoms with Crippen molar-refractivity contribution >= 4 is 39.5 Å². The van der Waals surface area contributed by atoms with Crippen LogP contribution in [0.5, 0.6) is 0 Å². The van der Waals surface area contributed by atoms with Crippen LogP contribution in [0, 0.1) is 11.8 Å². The Morgan fingerprint density at radius 1 is 0.265 bits per heavy atom. The SMILES string of the molecule is CCCCCCCCCCCCCCCCCCCCCCCCC(=O)O[C@H](COC(=O)CCCCCCCCCCCCCC(C)C)COP(=O)(O)OC[C@@H](O)COP(=O)(O)OC[C@@H](COC(=O)CCCCCCCCCCCC(C)C)OC(=O)CCCCCCCCCCCCCCCC. The second kappa shape index (κ2) is 74.5. The molecule has 0 rings (SSSR count). The molecule has 0 aromatic carbocycles. The van der Waals surface area contributed by atoms with Crippen molar-refractivity contribution in [1.82, 2.24) is 0 Å². The first-order valence-corrected chi connectivity index (χ1v) is 46.0. The number of hydrogen-bond acceptors (Lipinski definition) is 15. The third kappa shape index (κ3) is 76.3. The van der Waals surface area contributed by atoms with E-state index in [0.717, 1.165) is 102 Å². The first kappa shape index (κ1) is 100. The van der Waals surface area contributed by atoms with Gasteiger partial charge in [0.1, 0.15) is 19.3 Å². The van der Waals surface area contributed by atoms with E-state index in [1.54, 1.807) is 0 Å². The van der Waals surface area contributed by atoms with Gasteiger partial charge in [-0.1, -0.05) is 388 Å². The first-order valence-electron chi connectivity index (χ1n) is 43.0. The zero-order chi connectivity index (χ0) is 74.9. The van der Waals surface area contributed by atoms with Crippen LogP contribution in [0.2, 0.25) is 0 Å². The van der Waals surface area contributed by atoms with Crippen molar-refractivity contribution in [1.29, 1.82) is 0 Å². The average molecular weight is 1490 g/mol. The van der Waals surface area contributed by atoms with Crippen LogP contribution in [0.4, 0.5) is 0 Å². The zero-order valence-corrected chi connectivity index (χ0v) is 68.7. The van der Waals surface area contributed by atoms with Gasteiger partial charge >= 0.3 is 39.5 Å². The maximum absolute atomic E-state index is 13.1. The number of phosphoric acid groups is 2. The van der Waals surface area contributed by atoms with Crippen molar-refractivity contribution in [2.45, 2.75) is 458 Å². The summed E-state index contributed by atoms with van der Waals surface area (Å²) in [5.41, 5.74) is 0. The predicted molar refractivity (Wildman–Crippen MR) is 418 cm³/mol. The van der Waals surface area contributed by atoms with Crippen LogP contribution in [0.1, 0.15) is 440 Å². The fourth-order valence-corrected chi connectivity index (χ4v) is 14.5. The molecule has 0 aromatic rings. The van der Waals surface area contributed by atoms with Gasteiger partial charge in [-0.3, -0.25) is 37.3 Å². The van der Waals surface area contributed by atoms with Crippen molar-refractivity contribution in [2.75, 3.05) is 39.6 Å². The maximum atomic E-state index is 13.1. The Kier molecular flexibility index (Phi) is 73.1. The number of hydrogen-bond donors (Lipinski definition) is 3. The molecule has 0 aliphatic carbocycles. The van der Waals surface area contributed by atoms with Gasteiger partial charge in [0.05, 0.1) is 26.4 Å². The molecule has 0 aliphatic heterocycles. The lowest BCUT2D eigenvalue weighted by molar-refractivity contribution is -0.161. The lowest BCUT2D eigenvalue weighted by Crippen LogP contribution is -2.30. The Morgan fingerprint density at radius 2 is 0.451 bits per heavy atom. The Hall–Kier alpha value is -1.94. The fourth-order valence-electron chi connectivity index (χ4n) is 12.9. The van der Waals surface area contributed by atoms with Gasteiger partial charge in [-0.05, 0) is 37.5 Å². The minimum Gasteiger partial charge on any atom is -0.462 e. The van der Waals surface area contributed by atoms with Crippen LogP contribution < -0.4 is 0 Å². The molecule has 17 nitrogen and oxygen atoms in total. The fraction of sp³-hybridized carbons (Fsp3) is 0.952. The minimum atomic E-state index is -4.96. The largest absolute Gasteiger partial charge is 0.472 e. The normalized spacial score (nSPS) is 13.9. The average Bonchev–Trinajstić information content (AvgIpc) is 1.37. The van der Waals surface area contributed by atoms with E-state index in [2.05, 4.69) is 41.5 Å². The molecule has 0 fully saturated rings. The lowest BCUT2D eigenvalue weighted by atomic mass is 10.0. The van der Waals surface area contributed by atoms with Gasteiger partial charge in [0.25, 0.3) is 0 Å². The third-order valence-corrected chi connectivity index (χ3v) is 21.4. The maximum Gasteiger partial charge on any atom is 0.472 e. The summed E-state index contributed by atoms with van der Waals surface area (Å²) in [5, 5.41) is 10.7. The number of ether oxygens (including phenoxy) is 4. The molecule has 0 aromatic heterocycles. The number of aliphatic hydroxyl groups excluding tert-OH is 1. The lowest BCUT2D eigenvalue weighted by Gasteiger charge is -2.21. The predicted octanol–water partition coefficient (Wildman–Crippen LogP) is 25.1. The molecule has 3 N–H and O–H groups in total. The number of aliphatic hydroxyl groups is 1. The second-order valence-corrected chi connectivity index (χ2v) is 33.7. The number of esters is 4. The highest BCUT2D eigenvalue weighted by Gasteiger charge is 2.30. The molecule has 0 saturated carbocycles. The number of phosphoric ester groups is 2. The molecule has 5 atom stereocenters. The number of unbranched alkanes of at least 4 members (excludes halogenated alkanes) is 52. The monoisotopic (exact) mass is 1490 g/mol. The molecular formula is C83H162O17P2. The van der Waals surface area contributed by atoms with E-state index in [-0.39, 0.29) is 25.7 Å². The summed E-state index contributed by atoms with van der Waals surface area (Å²) < 4.78 is 68.8. The summed E-state index contributed by atoms with van der Waals surface area (Å²) in [6.45, 7) is 9.63. The number of carbonyl (C=O) groups is 4. The zero-order valence-electron chi connectivity index (χ0n) is 66.9. The summed E-state index contributed by atoms with van der Waals surface area (Å²) in [4.78, 5) is 73.1. The quantitative estimate of drug-likeness (QED) is 0.0222. The van der Waals surface area contributed by atoms with E-state index >= 15 is 0 Å². The number of carbonyl (C=O) groups excluding carboxylic acids is 4. The minimum absolute atomic E-state index is 0.108. The highest BCUT2D eigenvalue weighted by molar-refractivity contribution is 7.47. The molecule has 606 valence electrons. The highest BCUT2D eigenvalue weighted by Crippen LogP contribution is 2.45. The van der Waals surface area contributed by atoms with E-state index in [1.807, 2.05) is 0 Å². The molecule has 0 aliphatic rings. The van der Waals surface area contributed by atoms with Gasteiger partial charge in [-0.15, -0.1) is 0 Å². The van der Waals surface area contributed by atoms with Gasteiger partial charge in [0.2, 0.25) is 0 Å². The molecule has 0 radical (unpaired) electrons. The van der Waals surface area contributed by atoms with Crippen LogP contribution >= 0.6 is 15.6 Å². The highest BCUT2D eigenvalue weighted by atomic mass is 31.2. The Balaban J connectivity index is 5.22. The van der Waals surface area contributed by atoms with E-state index in [9.17, 15) is 43.2 Å².